The minimum Gasteiger partial charge on any atom is -0.385 e. The molecule has 0 fully saturated rings. The van der Waals surface area contributed by atoms with E-state index in [-0.39, 0.29) is 12.0 Å². The summed E-state index contributed by atoms with van der Waals surface area (Å²) in [4.78, 5) is 4.03. The van der Waals surface area contributed by atoms with Crippen LogP contribution in [0.3, 0.4) is 0 Å². The Kier molecular flexibility index (Phi) is 8.47. The highest BCUT2D eigenvalue weighted by atomic mass is 35.5. The molecule has 3 aromatic rings. The highest BCUT2D eigenvalue weighted by Crippen LogP contribution is 2.33. The maximum absolute atomic E-state index is 12.9. The summed E-state index contributed by atoms with van der Waals surface area (Å²) in [5.74, 6) is 0.0243. The zero-order valence-corrected chi connectivity index (χ0v) is 21.3. The van der Waals surface area contributed by atoms with Gasteiger partial charge in [-0.2, -0.15) is 18.4 Å². The van der Waals surface area contributed by atoms with Gasteiger partial charge in [-0.15, -0.1) is 0 Å². The summed E-state index contributed by atoms with van der Waals surface area (Å²) in [6, 6.07) is 19.9. The van der Waals surface area contributed by atoms with Crippen molar-refractivity contribution in [3.8, 4) is 6.07 Å². The van der Waals surface area contributed by atoms with Crippen LogP contribution >= 0.6 is 11.6 Å². The van der Waals surface area contributed by atoms with Crippen molar-refractivity contribution in [1.29, 1.82) is 5.26 Å². The van der Waals surface area contributed by atoms with Gasteiger partial charge in [0.25, 0.3) is 0 Å². The molecule has 1 aromatic heterocycles. The predicted octanol–water partition coefficient (Wildman–Crippen LogP) is 7.71. The van der Waals surface area contributed by atoms with E-state index in [1.165, 1.54) is 6.07 Å². The van der Waals surface area contributed by atoms with Gasteiger partial charge in [0.05, 0.1) is 17.2 Å². The molecule has 0 spiro atoms. The lowest BCUT2D eigenvalue weighted by molar-refractivity contribution is -0.137. The van der Waals surface area contributed by atoms with Crippen molar-refractivity contribution in [1.82, 2.24) is 10.3 Å². The number of hydrogen-bond acceptors (Lipinski definition) is 3. The van der Waals surface area contributed by atoms with E-state index in [1.807, 2.05) is 56.3 Å². The third kappa shape index (κ3) is 7.11. The number of nitrogens with one attached hydrogen (secondary N) is 1. The Morgan fingerprint density at radius 2 is 1.81 bits per heavy atom. The number of nitrogens with zero attached hydrogens (tertiary/aromatic N) is 2. The van der Waals surface area contributed by atoms with Crippen LogP contribution in [0.4, 0.5) is 13.2 Å². The normalized spacial score (nSPS) is 13.5. The molecule has 0 saturated carbocycles. The molecular weight excluding hydrogens is 483 g/mol. The van der Waals surface area contributed by atoms with E-state index in [1.54, 1.807) is 6.07 Å². The van der Waals surface area contributed by atoms with Crippen LogP contribution < -0.4 is 5.32 Å². The van der Waals surface area contributed by atoms with Crippen LogP contribution in [0.2, 0.25) is 5.02 Å². The summed E-state index contributed by atoms with van der Waals surface area (Å²) in [6.07, 6.45) is -2.40. The Labute approximate surface area is 215 Å². The number of hydrogen-bond donors (Lipinski definition) is 1. The molecule has 2 aromatic carbocycles. The molecule has 0 aliphatic heterocycles. The third-order valence-electron chi connectivity index (χ3n) is 6.41. The first-order chi connectivity index (χ1) is 16.9. The molecular formula is C29H29ClF3N3. The molecule has 2 atom stereocenters. The summed E-state index contributed by atoms with van der Waals surface area (Å²) in [5, 5.41) is 13.6. The van der Waals surface area contributed by atoms with Crippen LogP contribution in [0, 0.1) is 16.7 Å². The second-order valence-corrected chi connectivity index (χ2v) is 10.1. The molecule has 7 heteroatoms. The molecule has 0 bridgehead atoms. The minimum atomic E-state index is -4.41. The molecule has 3 nitrogen and oxygen atoms in total. The van der Waals surface area contributed by atoms with E-state index in [4.69, 9.17) is 11.6 Å². The minimum absolute atomic E-state index is 0.0243. The van der Waals surface area contributed by atoms with Gasteiger partial charge in [-0.1, -0.05) is 56.3 Å². The molecule has 36 heavy (non-hydrogen) atoms. The van der Waals surface area contributed by atoms with E-state index in [0.29, 0.717) is 29.1 Å². The monoisotopic (exact) mass is 511 g/mol. The van der Waals surface area contributed by atoms with Crippen molar-refractivity contribution < 1.29 is 13.2 Å². The number of nitriles is 1. The Morgan fingerprint density at radius 3 is 2.39 bits per heavy atom. The first-order valence-corrected chi connectivity index (χ1v) is 12.0. The zero-order chi connectivity index (χ0) is 26.5. The van der Waals surface area contributed by atoms with Gasteiger partial charge in [-0.05, 0) is 60.9 Å². The molecule has 0 aliphatic carbocycles. The lowest BCUT2D eigenvalue weighted by atomic mass is 9.82. The molecule has 0 saturated heterocycles. The zero-order valence-electron chi connectivity index (χ0n) is 20.5. The van der Waals surface area contributed by atoms with Crippen molar-refractivity contribution in [3.63, 3.8) is 0 Å². The molecule has 188 valence electrons. The number of allylic oxidation sites excluding steroid dienone is 1. The van der Waals surface area contributed by atoms with Crippen molar-refractivity contribution in [2.45, 2.75) is 51.7 Å². The summed E-state index contributed by atoms with van der Waals surface area (Å²) in [5.41, 5.74) is 2.81. The number of pyridine rings is 1. The number of rotatable bonds is 9. The second kappa shape index (κ2) is 11.2. The number of alkyl halides is 3. The van der Waals surface area contributed by atoms with Crippen LogP contribution in [0.15, 0.2) is 79.1 Å². The van der Waals surface area contributed by atoms with E-state index in [9.17, 15) is 18.4 Å². The van der Waals surface area contributed by atoms with Crippen LogP contribution in [0.5, 0.6) is 0 Å². The number of aromatic nitrogens is 1. The maximum Gasteiger partial charge on any atom is 0.417 e. The van der Waals surface area contributed by atoms with Crippen molar-refractivity contribution in [2.75, 3.05) is 0 Å². The van der Waals surface area contributed by atoms with Crippen LogP contribution in [-0.4, -0.2) is 11.0 Å². The lowest BCUT2D eigenvalue weighted by Crippen LogP contribution is -2.38. The Morgan fingerprint density at radius 1 is 1.11 bits per heavy atom. The summed E-state index contributed by atoms with van der Waals surface area (Å²) in [6.45, 7) is 10.3. The topological polar surface area (TPSA) is 48.7 Å². The van der Waals surface area contributed by atoms with Crippen LogP contribution in [0.25, 0.3) is 0 Å². The molecule has 1 N–H and O–H groups in total. The highest BCUT2D eigenvalue weighted by molar-refractivity contribution is 6.30. The number of halogens is 4. The van der Waals surface area contributed by atoms with E-state index < -0.39 is 17.2 Å². The van der Waals surface area contributed by atoms with E-state index >= 15 is 0 Å². The van der Waals surface area contributed by atoms with Gasteiger partial charge in [0.2, 0.25) is 0 Å². The predicted molar refractivity (Wildman–Crippen MR) is 138 cm³/mol. The van der Waals surface area contributed by atoms with Gasteiger partial charge < -0.3 is 5.32 Å². The van der Waals surface area contributed by atoms with Crippen molar-refractivity contribution in [3.05, 3.63) is 112 Å². The molecule has 2 unspecified atom stereocenters. The van der Waals surface area contributed by atoms with Crippen LogP contribution in [0.1, 0.15) is 54.6 Å². The Hall–Kier alpha value is -3.30. The first kappa shape index (κ1) is 27.3. The Bertz CT molecular complexity index is 1230. The van der Waals surface area contributed by atoms with Crippen molar-refractivity contribution >= 4 is 11.6 Å². The molecule has 0 amide bonds. The average molecular weight is 512 g/mol. The van der Waals surface area contributed by atoms with Gasteiger partial charge in [0.1, 0.15) is 0 Å². The van der Waals surface area contributed by atoms with E-state index in [0.717, 1.165) is 29.1 Å². The SMILES string of the molecule is C=C(NC(C)C(Cc1ccc(Cl)cc1)c1cccc(C#N)c1)C(C)(C)Cc1ccc(C(F)(F)F)cn1. The Balaban J connectivity index is 1.79. The average Bonchev–Trinajstić information content (AvgIpc) is 2.83. The van der Waals surface area contributed by atoms with Gasteiger partial charge in [0.15, 0.2) is 0 Å². The van der Waals surface area contributed by atoms with Gasteiger partial charge in [0, 0.05) is 46.4 Å². The van der Waals surface area contributed by atoms with Gasteiger partial charge in [-0.25, -0.2) is 0 Å². The summed E-state index contributed by atoms with van der Waals surface area (Å²) < 4.78 is 38.6. The molecule has 0 radical (unpaired) electrons. The number of benzene rings is 2. The second-order valence-electron chi connectivity index (χ2n) is 9.68. The standard InChI is InChI=1S/C29H29ClF3N3/c1-19(36-20(2)28(3,4)16-26-13-10-24(18-35-26)29(31,32)33)27(15-21-8-11-25(30)12-9-21)23-7-5-6-22(14-23)17-34/h5-14,18-19,27,36H,2,15-16H2,1,3-4H3. The first-order valence-electron chi connectivity index (χ1n) is 11.6. The summed E-state index contributed by atoms with van der Waals surface area (Å²) in [7, 11) is 0. The van der Waals surface area contributed by atoms with Gasteiger partial charge >= 0.3 is 6.18 Å². The fourth-order valence-corrected chi connectivity index (χ4v) is 4.25. The molecule has 1 heterocycles. The lowest BCUT2D eigenvalue weighted by Gasteiger charge is -2.34. The molecule has 0 aliphatic rings. The van der Waals surface area contributed by atoms with Gasteiger partial charge in [-0.3, -0.25) is 4.98 Å². The largest absolute Gasteiger partial charge is 0.417 e. The molecule has 3 rings (SSSR count). The fraction of sp³-hybridized carbons (Fsp3) is 0.310. The smallest absolute Gasteiger partial charge is 0.385 e. The quantitative estimate of drug-likeness (QED) is 0.320. The van der Waals surface area contributed by atoms with E-state index in [2.05, 4.69) is 29.9 Å². The summed E-state index contributed by atoms with van der Waals surface area (Å²) >= 11 is 6.06. The fourth-order valence-electron chi connectivity index (χ4n) is 4.12. The third-order valence-corrected chi connectivity index (χ3v) is 6.66. The highest BCUT2D eigenvalue weighted by Gasteiger charge is 2.32. The van der Waals surface area contributed by atoms with Crippen LogP contribution in [-0.2, 0) is 19.0 Å². The van der Waals surface area contributed by atoms with Crippen molar-refractivity contribution in [2.24, 2.45) is 5.41 Å². The maximum atomic E-state index is 12.9.